The molecule has 2 rings (SSSR count). The van der Waals surface area contributed by atoms with Crippen molar-refractivity contribution in [3.05, 3.63) is 35.9 Å². The van der Waals surface area contributed by atoms with Gasteiger partial charge >= 0.3 is 6.09 Å². The second-order valence-corrected chi connectivity index (χ2v) is 4.98. The van der Waals surface area contributed by atoms with Crippen molar-refractivity contribution in [3.63, 3.8) is 0 Å². The third-order valence-electron chi connectivity index (χ3n) is 3.46. The van der Waals surface area contributed by atoms with Crippen molar-refractivity contribution in [2.75, 3.05) is 12.3 Å². The van der Waals surface area contributed by atoms with Crippen molar-refractivity contribution in [1.29, 1.82) is 0 Å². The number of rotatable bonds is 4. The summed E-state index contributed by atoms with van der Waals surface area (Å²) < 4.78 is 5.35. The van der Waals surface area contributed by atoms with E-state index in [9.17, 15) is 4.79 Å². The summed E-state index contributed by atoms with van der Waals surface area (Å²) >= 11 is 4.32. The zero-order valence-corrected chi connectivity index (χ0v) is 10.7. The molecule has 1 saturated heterocycles. The topological polar surface area (TPSA) is 38.3 Å². The van der Waals surface area contributed by atoms with Gasteiger partial charge in [0.1, 0.15) is 6.10 Å². The summed E-state index contributed by atoms with van der Waals surface area (Å²) in [6.45, 7) is 2.70. The Hall–Kier alpha value is -1.16. The molecule has 0 spiro atoms. The third kappa shape index (κ3) is 2.41. The Bertz CT molecular complexity index is 396. The van der Waals surface area contributed by atoms with Gasteiger partial charge in [0.2, 0.25) is 0 Å². The quantitative estimate of drug-likeness (QED) is 0.806. The molecular formula is C13H17NO2S. The van der Waals surface area contributed by atoms with Crippen molar-refractivity contribution in [2.45, 2.75) is 24.9 Å². The number of thiol groups is 1. The Balaban J connectivity index is 2.29. The van der Waals surface area contributed by atoms with E-state index in [-0.39, 0.29) is 17.6 Å². The summed E-state index contributed by atoms with van der Waals surface area (Å²) in [6, 6.07) is 10.2. The van der Waals surface area contributed by atoms with Crippen LogP contribution in [0.15, 0.2) is 30.3 Å². The van der Waals surface area contributed by atoms with Gasteiger partial charge in [0, 0.05) is 5.41 Å². The molecule has 1 aliphatic rings. The largest absolute Gasteiger partial charge is 0.443 e. The van der Waals surface area contributed by atoms with E-state index in [0.717, 1.165) is 12.2 Å². The number of ether oxygens (including phenoxy) is 1. The van der Waals surface area contributed by atoms with E-state index in [4.69, 9.17) is 4.74 Å². The molecule has 3 nitrogen and oxygen atoms in total. The van der Waals surface area contributed by atoms with Crippen LogP contribution in [0.4, 0.5) is 4.79 Å². The summed E-state index contributed by atoms with van der Waals surface area (Å²) in [5.41, 5.74) is 1.01. The lowest BCUT2D eigenvalue weighted by molar-refractivity contribution is 0.0909. The Morgan fingerprint density at radius 2 is 2.18 bits per heavy atom. The van der Waals surface area contributed by atoms with Gasteiger partial charge in [0.25, 0.3) is 0 Å². The summed E-state index contributed by atoms with van der Waals surface area (Å²) in [6.07, 6.45) is 0.431. The molecule has 1 aromatic carbocycles. The molecular weight excluding hydrogens is 234 g/mol. The van der Waals surface area contributed by atoms with Crippen LogP contribution in [0.1, 0.15) is 18.9 Å². The zero-order chi connectivity index (χ0) is 12.3. The number of carbonyl (C=O) groups excluding carboxylic acids is 1. The fourth-order valence-corrected chi connectivity index (χ4v) is 2.75. The molecule has 0 aromatic heterocycles. The first kappa shape index (κ1) is 12.3. The zero-order valence-electron chi connectivity index (χ0n) is 9.85. The van der Waals surface area contributed by atoms with Gasteiger partial charge in [-0.2, -0.15) is 12.6 Å². The molecule has 2 unspecified atom stereocenters. The molecule has 1 heterocycles. The molecule has 0 aliphatic carbocycles. The highest BCUT2D eigenvalue weighted by molar-refractivity contribution is 7.80. The molecule has 92 valence electrons. The minimum atomic E-state index is -0.323. The summed E-state index contributed by atoms with van der Waals surface area (Å²) in [7, 11) is 0. The second kappa shape index (κ2) is 5.00. The number of alkyl carbamates (subject to hydrolysis) is 1. The van der Waals surface area contributed by atoms with Crippen LogP contribution in [0.2, 0.25) is 0 Å². The fraction of sp³-hybridized carbons (Fsp3) is 0.462. The molecule has 0 saturated carbocycles. The minimum Gasteiger partial charge on any atom is -0.443 e. The predicted octanol–water partition coefficient (Wildman–Crippen LogP) is 2.37. The molecule has 1 amide bonds. The van der Waals surface area contributed by atoms with Gasteiger partial charge in [0.05, 0.1) is 6.54 Å². The maximum atomic E-state index is 11.2. The molecule has 1 fully saturated rings. The van der Waals surface area contributed by atoms with E-state index in [0.29, 0.717) is 6.54 Å². The fourth-order valence-electron chi connectivity index (χ4n) is 2.29. The van der Waals surface area contributed by atoms with Crippen LogP contribution >= 0.6 is 12.6 Å². The van der Waals surface area contributed by atoms with Crippen LogP contribution in [-0.2, 0) is 10.2 Å². The highest BCUT2D eigenvalue weighted by atomic mass is 32.1. The lowest BCUT2D eigenvalue weighted by Crippen LogP contribution is -2.39. The molecule has 2 atom stereocenters. The standard InChI is InChI=1S/C13H17NO2S/c1-13(7-8-17,10-5-3-2-4-6-10)11-9-14-12(15)16-11/h2-6,11,17H,7-9H2,1H3,(H,14,15). The van der Waals surface area contributed by atoms with Crippen molar-refractivity contribution in [2.24, 2.45) is 0 Å². The van der Waals surface area contributed by atoms with Crippen LogP contribution in [0.3, 0.4) is 0 Å². The van der Waals surface area contributed by atoms with E-state index < -0.39 is 0 Å². The Labute approximate surface area is 107 Å². The Morgan fingerprint density at radius 1 is 1.47 bits per heavy atom. The lowest BCUT2D eigenvalue weighted by Gasteiger charge is -2.33. The number of hydrogen-bond donors (Lipinski definition) is 2. The Kier molecular flexibility index (Phi) is 3.62. The monoisotopic (exact) mass is 251 g/mol. The number of nitrogens with one attached hydrogen (secondary N) is 1. The van der Waals surface area contributed by atoms with E-state index >= 15 is 0 Å². The van der Waals surface area contributed by atoms with Gasteiger partial charge in [-0.1, -0.05) is 37.3 Å². The van der Waals surface area contributed by atoms with E-state index in [1.165, 1.54) is 5.56 Å². The van der Waals surface area contributed by atoms with E-state index in [1.807, 2.05) is 18.2 Å². The van der Waals surface area contributed by atoms with Crippen LogP contribution in [0, 0.1) is 0 Å². The maximum absolute atomic E-state index is 11.2. The van der Waals surface area contributed by atoms with E-state index in [2.05, 4.69) is 37.0 Å². The average Bonchev–Trinajstić information content (AvgIpc) is 2.78. The van der Waals surface area contributed by atoms with Gasteiger partial charge in [0.15, 0.2) is 0 Å². The first-order chi connectivity index (χ1) is 8.16. The number of benzene rings is 1. The SMILES string of the molecule is CC(CCS)(c1ccccc1)C1CNC(=O)O1. The van der Waals surface area contributed by atoms with Crippen LogP contribution in [0.5, 0.6) is 0 Å². The van der Waals surface area contributed by atoms with Crippen LogP contribution < -0.4 is 5.32 Å². The Morgan fingerprint density at radius 3 is 2.71 bits per heavy atom. The highest BCUT2D eigenvalue weighted by Crippen LogP contribution is 2.34. The maximum Gasteiger partial charge on any atom is 0.407 e. The number of amides is 1. The van der Waals surface area contributed by atoms with Gasteiger partial charge in [-0.05, 0) is 17.7 Å². The lowest BCUT2D eigenvalue weighted by atomic mass is 9.75. The smallest absolute Gasteiger partial charge is 0.407 e. The van der Waals surface area contributed by atoms with Gasteiger partial charge in [-0.25, -0.2) is 4.79 Å². The van der Waals surface area contributed by atoms with Gasteiger partial charge < -0.3 is 10.1 Å². The molecule has 1 aromatic rings. The molecule has 17 heavy (non-hydrogen) atoms. The second-order valence-electron chi connectivity index (χ2n) is 4.53. The predicted molar refractivity (Wildman–Crippen MR) is 70.5 cm³/mol. The van der Waals surface area contributed by atoms with Crippen LogP contribution in [-0.4, -0.2) is 24.5 Å². The van der Waals surface area contributed by atoms with Crippen molar-refractivity contribution in [3.8, 4) is 0 Å². The minimum absolute atomic E-state index is 0.121. The average molecular weight is 251 g/mol. The van der Waals surface area contributed by atoms with Gasteiger partial charge in [-0.3, -0.25) is 0 Å². The summed E-state index contributed by atoms with van der Waals surface area (Å²) in [5.74, 6) is 0.763. The van der Waals surface area contributed by atoms with Crippen molar-refractivity contribution < 1.29 is 9.53 Å². The molecule has 1 N–H and O–H groups in total. The molecule has 0 bridgehead atoms. The number of carbonyl (C=O) groups is 1. The van der Waals surface area contributed by atoms with Crippen LogP contribution in [0.25, 0.3) is 0 Å². The summed E-state index contributed by atoms with van der Waals surface area (Å²) in [4.78, 5) is 11.2. The summed E-state index contributed by atoms with van der Waals surface area (Å²) in [5, 5.41) is 2.72. The normalized spacial score (nSPS) is 22.7. The molecule has 4 heteroatoms. The molecule has 1 aliphatic heterocycles. The first-order valence-corrected chi connectivity index (χ1v) is 6.41. The number of hydrogen-bond acceptors (Lipinski definition) is 3. The number of cyclic esters (lactones) is 1. The third-order valence-corrected chi connectivity index (χ3v) is 3.68. The van der Waals surface area contributed by atoms with Gasteiger partial charge in [-0.15, -0.1) is 0 Å². The first-order valence-electron chi connectivity index (χ1n) is 5.77. The van der Waals surface area contributed by atoms with E-state index in [1.54, 1.807) is 0 Å². The highest BCUT2D eigenvalue weighted by Gasteiger charge is 2.41. The van der Waals surface area contributed by atoms with Crippen molar-refractivity contribution >= 4 is 18.7 Å². The molecule has 0 radical (unpaired) electrons. The van der Waals surface area contributed by atoms with Crippen molar-refractivity contribution in [1.82, 2.24) is 5.32 Å².